The number of nitrogens with one attached hydrogen (secondary N) is 1. The van der Waals surface area contributed by atoms with E-state index >= 15 is 0 Å². The summed E-state index contributed by atoms with van der Waals surface area (Å²) in [6, 6.07) is 5.70. The molecule has 1 amide bonds. The molecular weight excluding hydrogens is 385 g/mol. The Balaban J connectivity index is 2.11. The van der Waals surface area contributed by atoms with E-state index in [1.807, 2.05) is 25.1 Å². The minimum Gasteiger partial charge on any atom is -0.296 e. The van der Waals surface area contributed by atoms with Crippen LogP contribution in [0, 0.1) is 16.4 Å². The zero-order valence-electron chi connectivity index (χ0n) is 11.6. The van der Waals surface area contributed by atoms with E-state index in [0.29, 0.717) is 16.6 Å². The van der Waals surface area contributed by atoms with Crippen molar-refractivity contribution in [2.75, 3.05) is 5.32 Å². The number of amides is 1. The van der Waals surface area contributed by atoms with Crippen molar-refractivity contribution in [2.45, 2.75) is 27.2 Å². The molecular formula is C14H16IN3OS. The van der Waals surface area contributed by atoms with Gasteiger partial charge < -0.3 is 0 Å². The predicted molar refractivity (Wildman–Crippen MR) is 90.3 cm³/mol. The van der Waals surface area contributed by atoms with Crippen molar-refractivity contribution in [1.29, 1.82) is 0 Å². The number of halogens is 1. The van der Waals surface area contributed by atoms with Crippen LogP contribution in [-0.2, 0) is 6.42 Å². The molecule has 2 aromatic rings. The summed E-state index contributed by atoms with van der Waals surface area (Å²) in [7, 11) is 0. The number of aryl methyl sites for hydroxylation is 1. The number of nitrogens with zero attached hydrogens (tertiary/aromatic N) is 2. The zero-order chi connectivity index (χ0) is 14.7. The molecule has 0 saturated heterocycles. The van der Waals surface area contributed by atoms with Crippen LogP contribution in [0.4, 0.5) is 5.13 Å². The van der Waals surface area contributed by atoms with E-state index in [-0.39, 0.29) is 5.91 Å². The topological polar surface area (TPSA) is 54.9 Å². The lowest BCUT2D eigenvalue weighted by Crippen LogP contribution is -2.13. The molecule has 0 radical (unpaired) electrons. The Morgan fingerprint density at radius 2 is 2.15 bits per heavy atom. The summed E-state index contributed by atoms with van der Waals surface area (Å²) in [4.78, 5) is 12.2. The molecule has 0 atom stereocenters. The molecule has 0 fully saturated rings. The number of aromatic nitrogens is 2. The Morgan fingerprint density at radius 3 is 2.85 bits per heavy atom. The third kappa shape index (κ3) is 3.76. The Kier molecular flexibility index (Phi) is 5.09. The highest BCUT2D eigenvalue weighted by Gasteiger charge is 2.14. The SMILES string of the molecule is Cc1cccc(C(=O)Nc2nnc(CC(C)C)s2)c1I. The van der Waals surface area contributed by atoms with Gasteiger partial charge in [0.1, 0.15) is 5.01 Å². The van der Waals surface area contributed by atoms with Gasteiger partial charge in [0.15, 0.2) is 0 Å². The maximum atomic E-state index is 12.2. The predicted octanol–water partition coefficient (Wildman–Crippen LogP) is 3.90. The number of hydrogen-bond donors (Lipinski definition) is 1. The largest absolute Gasteiger partial charge is 0.296 e. The van der Waals surface area contributed by atoms with Gasteiger partial charge >= 0.3 is 0 Å². The van der Waals surface area contributed by atoms with Crippen LogP contribution in [-0.4, -0.2) is 16.1 Å². The first-order valence-electron chi connectivity index (χ1n) is 6.36. The fraction of sp³-hybridized carbons (Fsp3) is 0.357. The Labute approximate surface area is 136 Å². The maximum absolute atomic E-state index is 12.2. The molecule has 4 nitrogen and oxygen atoms in total. The summed E-state index contributed by atoms with van der Waals surface area (Å²) < 4.78 is 0.967. The Hall–Kier alpha value is -1.02. The van der Waals surface area contributed by atoms with Crippen LogP contribution in [0.2, 0.25) is 0 Å². The van der Waals surface area contributed by atoms with Gasteiger partial charge in [0, 0.05) is 9.99 Å². The Bertz CT molecular complexity index is 625. The molecule has 1 aromatic carbocycles. The molecule has 2 rings (SSSR count). The number of anilines is 1. The summed E-state index contributed by atoms with van der Waals surface area (Å²) in [5.41, 5.74) is 1.77. The molecule has 0 aliphatic rings. The third-order valence-electron chi connectivity index (χ3n) is 2.71. The average Bonchev–Trinajstić information content (AvgIpc) is 2.79. The quantitative estimate of drug-likeness (QED) is 0.791. The van der Waals surface area contributed by atoms with E-state index in [1.165, 1.54) is 11.3 Å². The van der Waals surface area contributed by atoms with E-state index < -0.39 is 0 Å². The third-order valence-corrected chi connectivity index (χ3v) is 5.00. The molecule has 6 heteroatoms. The molecule has 20 heavy (non-hydrogen) atoms. The van der Waals surface area contributed by atoms with Crippen molar-refractivity contribution in [3.63, 3.8) is 0 Å². The molecule has 0 bridgehead atoms. The second-order valence-corrected chi connectivity index (χ2v) is 7.13. The molecule has 0 unspecified atom stereocenters. The first-order valence-corrected chi connectivity index (χ1v) is 8.25. The second kappa shape index (κ2) is 6.62. The first-order chi connectivity index (χ1) is 9.47. The van der Waals surface area contributed by atoms with Gasteiger partial charge in [-0.15, -0.1) is 10.2 Å². The second-order valence-electron chi connectivity index (χ2n) is 4.99. The summed E-state index contributed by atoms with van der Waals surface area (Å²) in [5.74, 6) is 0.398. The minimum atomic E-state index is -0.134. The average molecular weight is 401 g/mol. The fourth-order valence-corrected chi connectivity index (χ4v) is 3.27. The summed E-state index contributed by atoms with van der Waals surface area (Å²) >= 11 is 3.63. The minimum absolute atomic E-state index is 0.134. The lowest BCUT2D eigenvalue weighted by molar-refractivity contribution is 0.102. The highest BCUT2D eigenvalue weighted by atomic mass is 127. The lowest BCUT2D eigenvalue weighted by atomic mass is 10.1. The van der Waals surface area contributed by atoms with Crippen LogP contribution in [0.25, 0.3) is 0 Å². The van der Waals surface area contributed by atoms with E-state index in [2.05, 4.69) is 52.0 Å². The normalized spacial score (nSPS) is 10.8. The van der Waals surface area contributed by atoms with Gasteiger partial charge in [-0.25, -0.2) is 0 Å². The van der Waals surface area contributed by atoms with Crippen molar-refractivity contribution in [3.05, 3.63) is 37.9 Å². The molecule has 1 N–H and O–H groups in total. The molecule has 0 aliphatic carbocycles. The van der Waals surface area contributed by atoms with E-state index in [4.69, 9.17) is 0 Å². The maximum Gasteiger partial charge on any atom is 0.258 e. The van der Waals surface area contributed by atoms with E-state index in [1.54, 1.807) is 0 Å². The molecule has 106 valence electrons. The number of rotatable bonds is 4. The van der Waals surface area contributed by atoms with Gasteiger partial charge in [-0.2, -0.15) is 0 Å². The summed E-state index contributed by atoms with van der Waals surface area (Å²) in [6.45, 7) is 6.26. The highest BCUT2D eigenvalue weighted by molar-refractivity contribution is 14.1. The standard InChI is InChI=1S/C14H16IN3OS/c1-8(2)7-11-17-18-14(20-11)16-13(19)10-6-4-5-9(3)12(10)15/h4-6,8H,7H2,1-3H3,(H,16,18,19). The Morgan fingerprint density at radius 1 is 1.40 bits per heavy atom. The smallest absolute Gasteiger partial charge is 0.258 e. The molecule has 0 saturated carbocycles. The van der Waals surface area contributed by atoms with Crippen LogP contribution in [0.3, 0.4) is 0 Å². The number of carbonyl (C=O) groups is 1. The number of carbonyl (C=O) groups excluding carboxylic acids is 1. The zero-order valence-corrected chi connectivity index (χ0v) is 14.6. The van der Waals surface area contributed by atoms with E-state index in [9.17, 15) is 4.79 Å². The van der Waals surface area contributed by atoms with Crippen molar-refractivity contribution in [1.82, 2.24) is 10.2 Å². The molecule has 0 spiro atoms. The fourth-order valence-electron chi connectivity index (χ4n) is 1.72. The van der Waals surface area contributed by atoms with Gasteiger partial charge in [-0.05, 0) is 47.1 Å². The summed E-state index contributed by atoms with van der Waals surface area (Å²) in [5, 5.41) is 12.4. The van der Waals surface area contributed by atoms with Crippen molar-refractivity contribution < 1.29 is 4.79 Å². The van der Waals surface area contributed by atoms with Crippen LogP contribution < -0.4 is 5.32 Å². The van der Waals surface area contributed by atoms with Gasteiger partial charge in [-0.1, -0.05) is 37.3 Å². The van der Waals surface area contributed by atoms with Crippen LogP contribution >= 0.6 is 33.9 Å². The van der Waals surface area contributed by atoms with Gasteiger partial charge in [0.05, 0.1) is 5.56 Å². The van der Waals surface area contributed by atoms with Crippen molar-refractivity contribution >= 4 is 45.0 Å². The molecule has 1 aromatic heterocycles. The highest BCUT2D eigenvalue weighted by Crippen LogP contribution is 2.21. The monoisotopic (exact) mass is 401 g/mol. The molecule has 1 heterocycles. The number of benzene rings is 1. The van der Waals surface area contributed by atoms with Gasteiger partial charge in [0.25, 0.3) is 5.91 Å². The lowest BCUT2D eigenvalue weighted by Gasteiger charge is -2.05. The molecule has 0 aliphatic heterocycles. The first kappa shape index (κ1) is 15.4. The van der Waals surface area contributed by atoms with Crippen LogP contribution in [0.1, 0.15) is 34.8 Å². The van der Waals surface area contributed by atoms with Gasteiger partial charge in [-0.3, -0.25) is 10.1 Å². The van der Waals surface area contributed by atoms with Crippen LogP contribution in [0.15, 0.2) is 18.2 Å². The van der Waals surface area contributed by atoms with E-state index in [0.717, 1.165) is 20.6 Å². The summed E-state index contributed by atoms with van der Waals surface area (Å²) in [6.07, 6.45) is 0.884. The van der Waals surface area contributed by atoms with Crippen molar-refractivity contribution in [3.8, 4) is 0 Å². The number of hydrogen-bond acceptors (Lipinski definition) is 4. The van der Waals surface area contributed by atoms with Gasteiger partial charge in [0.2, 0.25) is 5.13 Å². The van der Waals surface area contributed by atoms with Crippen molar-refractivity contribution in [2.24, 2.45) is 5.92 Å². The van der Waals surface area contributed by atoms with Crippen LogP contribution in [0.5, 0.6) is 0 Å².